The second kappa shape index (κ2) is 5.05. The predicted molar refractivity (Wildman–Crippen MR) is 74.6 cm³/mol. The van der Waals surface area contributed by atoms with Crippen molar-refractivity contribution in [2.75, 3.05) is 13.7 Å². The molecule has 0 bridgehead atoms. The van der Waals surface area contributed by atoms with Gasteiger partial charge in [0.05, 0.1) is 12.7 Å². The van der Waals surface area contributed by atoms with Gasteiger partial charge in [-0.15, -0.1) is 0 Å². The molecular weight excluding hydrogens is 264 g/mol. The van der Waals surface area contributed by atoms with Crippen molar-refractivity contribution < 1.29 is 18.6 Å². The summed E-state index contributed by atoms with van der Waals surface area (Å²) in [6.45, 7) is 2.80. The first-order chi connectivity index (χ1) is 9.31. The average Bonchev–Trinajstić information content (AvgIpc) is 2.62. The number of nitrogens with zero attached hydrogens (tertiary/aromatic N) is 1. The molecular formula is C15H19F2NO2. The molecule has 1 N–H and O–H groups in total. The van der Waals surface area contributed by atoms with Crippen LogP contribution in [-0.4, -0.2) is 23.4 Å². The average molecular weight is 283 g/mol. The Kier molecular flexibility index (Phi) is 3.73. The number of fused-ring (bicyclic) bond motifs is 1. The number of benzene rings is 1. The van der Waals surface area contributed by atoms with E-state index in [0.717, 1.165) is 29.1 Å². The lowest BCUT2D eigenvalue weighted by molar-refractivity contribution is 0.0152. The van der Waals surface area contributed by atoms with E-state index in [1.807, 2.05) is 18.5 Å². The molecule has 0 unspecified atom stereocenters. The fraction of sp³-hybridized carbons (Fsp3) is 0.467. The topological polar surface area (TPSA) is 34.4 Å². The van der Waals surface area contributed by atoms with E-state index in [0.29, 0.717) is 6.42 Å². The van der Waals surface area contributed by atoms with Gasteiger partial charge in [-0.1, -0.05) is 0 Å². The molecule has 2 aromatic rings. The van der Waals surface area contributed by atoms with Crippen molar-refractivity contribution in [1.29, 1.82) is 0 Å². The third kappa shape index (κ3) is 2.26. The van der Waals surface area contributed by atoms with Crippen molar-refractivity contribution in [2.45, 2.75) is 26.2 Å². The van der Waals surface area contributed by atoms with Gasteiger partial charge >= 0.3 is 0 Å². The molecule has 0 aliphatic carbocycles. The molecule has 0 amide bonds. The van der Waals surface area contributed by atoms with E-state index < -0.39 is 5.92 Å². The highest BCUT2D eigenvalue weighted by atomic mass is 19.3. The summed E-state index contributed by atoms with van der Waals surface area (Å²) in [5, 5.41) is 10.0. The molecule has 0 aliphatic heterocycles. The van der Waals surface area contributed by atoms with E-state index in [1.54, 1.807) is 6.07 Å². The summed E-state index contributed by atoms with van der Waals surface area (Å²) in [5.41, 5.74) is 2.54. The van der Waals surface area contributed by atoms with Gasteiger partial charge in [0.2, 0.25) is 0 Å². The molecule has 1 aromatic heterocycles. The highest BCUT2D eigenvalue weighted by Crippen LogP contribution is 2.39. The largest absolute Gasteiger partial charge is 0.496 e. The van der Waals surface area contributed by atoms with Gasteiger partial charge in [-0.25, -0.2) is 8.78 Å². The summed E-state index contributed by atoms with van der Waals surface area (Å²) in [6.07, 6.45) is 0.494. The van der Waals surface area contributed by atoms with Gasteiger partial charge in [0.25, 0.3) is 5.92 Å². The zero-order valence-corrected chi connectivity index (χ0v) is 12.1. The molecule has 20 heavy (non-hydrogen) atoms. The SMILES string of the molecule is COc1cc2c(CCO)c(C)n(C)c2cc1C(C)(F)F. The van der Waals surface area contributed by atoms with Crippen molar-refractivity contribution in [1.82, 2.24) is 4.57 Å². The number of rotatable bonds is 4. The predicted octanol–water partition coefficient (Wildman–Crippen LogP) is 3.14. The summed E-state index contributed by atoms with van der Waals surface area (Å²) in [7, 11) is 3.22. The van der Waals surface area contributed by atoms with Gasteiger partial charge in [-0.05, 0) is 31.0 Å². The lowest BCUT2D eigenvalue weighted by Crippen LogP contribution is -2.09. The molecule has 2 rings (SSSR count). The third-order valence-electron chi connectivity index (χ3n) is 3.78. The van der Waals surface area contributed by atoms with Gasteiger partial charge in [0, 0.05) is 37.2 Å². The van der Waals surface area contributed by atoms with Crippen molar-refractivity contribution in [3.8, 4) is 5.75 Å². The van der Waals surface area contributed by atoms with Crippen LogP contribution in [-0.2, 0) is 19.4 Å². The Bertz CT molecular complexity index is 642. The van der Waals surface area contributed by atoms with Crippen LogP contribution in [0.2, 0.25) is 0 Å². The normalized spacial score (nSPS) is 12.2. The number of alkyl halides is 2. The molecule has 0 saturated carbocycles. The number of hydrogen-bond donors (Lipinski definition) is 1. The number of halogens is 2. The summed E-state index contributed by atoms with van der Waals surface area (Å²) in [5.74, 6) is -2.79. The first kappa shape index (κ1) is 14.8. The van der Waals surface area contributed by atoms with Crippen LogP contribution in [0.4, 0.5) is 8.78 Å². The van der Waals surface area contributed by atoms with E-state index in [4.69, 9.17) is 9.84 Å². The Hall–Kier alpha value is -1.62. The van der Waals surface area contributed by atoms with Gasteiger partial charge in [-0.2, -0.15) is 0 Å². The van der Waals surface area contributed by atoms with E-state index in [9.17, 15) is 8.78 Å². The fourth-order valence-corrected chi connectivity index (χ4v) is 2.60. The van der Waals surface area contributed by atoms with E-state index in [1.165, 1.54) is 13.2 Å². The van der Waals surface area contributed by atoms with Crippen LogP contribution in [0.15, 0.2) is 12.1 Å². The molecule has 0 aliphatic rings. The van der Waals surface area contributed by atoms with E-state index >= 15 is 0 Å². The number of methoxy groups -OCH3 is 1. The molecule has 0 saturated heterocycles. The van der Waals surface area contributed by atoms with Crippen LogP contribution in [0.1, 0.15) is 23.7 Å². The molecule has 5 heteroatoms. The smallest absolute Gasteiger partial charge is 0.274 e. The summed E-state index contributed by atoms with van der Waals surface area (Å²) < 4.78 is 34.4. The van der Waals surface area contributed by atoms with Crippen molar-refractivity contribution >= 4 is 10.9 Å². The monoisotopic (exact) mass is 283 g/mol. The Labute approximate surface area is 116 Å². The summed E-state index contributed by atoms with van der Waals surface area (Å²) in [6, 6.07) is 3.11. The number of aliphatic hydroxyl groups excluding tert-OH is 1. The zero-order chi connectivity index (χ0) is 15.1. The quantitative estimate of drug-likeness (QED) is 0.935. The highest BCUT2D eigenvalue weighted by molar-refractivity contribution is 5.88. The Balaban J connectivity index is 2.81. The minimum atomic E-state index is -2.96. The van der Waals surface area contributed by atoms with E-state index in [-0.39, 0.29) is 17.9 Å². The van der Waals surface area contributed by atoms with Crippen LogP contribution in [0.25, 0.3) is 10.9 Å². The molecule has 1 heterocycles. The van der Waals surface area contributed by atoms with E-state index in [2.05, 4.69) is 0 Å². The molecule has 0 radical (unpaired) electrons. The molecule has 1 aromatic carbocycles. The number of aromatic nitrogens is 1. The summed E-state index contributed by atoms with van der Waals surface area (Å²) >= 11 is 0. The van der Waals surface area contributed by atoms with Crippen LogP contribution < -0.4 is 4.74 Å². The molecule has 0 atom stereocenters. The number of aliphatic hydroxyl groups is 1. The fourth-order valence-electron chi connectivity index (χ4n) is 2.60. The van der Waals surface area contributed by atoms with Gasteiger partial charge < -0.3 is 14.4 Å². The van der Waals surface area contributed by atoms with Gasteiger partial charge in [-0.3, -0.25) is 0 Å². The lowest BCUT2D eigenvalue weighted by Gasteiger charge is -2.15. The van der Waals surface area contributed by atoms with Crippen LogP contribution in [0, 0.1) is 6.92 Å². The molecule has 0 fully saturated rings. The maximum atomic E-state index is 13.7. The lowest BCUT2D eigenvalue weighted by atomic mass is 10.0. The third-order valence-corrected chi connectivity index (χ3v) is 3.78. The highest BCUT2D eigenvalue weighted by Gasteiger charge is 2.30. The van der Waals surface area contributed by atoms with Crippen LogP contribution in [0.3, 0.4) is 0 Å². The molecule has 3 nitrogen and oxygen atoms in total. The van der Waals surface area contributed by atoms with Crippen LogP contribution in [0.5, 0.6) is 5.75 Å². The number of hydrogen-bond acceptors (Lipinski definition) is 2. The minimum absolute atomic E-state index is 0.0218. The molecule has 0 spiro atoms. The molecule has 110 valence electrons. The Morgan fingerprint density at radius 2 is 2.00 bits per heavy atom. The van der Waals surface area contributed by atoms with Gasteiger partial charge in [0.15, 0.2) is 0 Å². The summed E-state index contributed by atoms with van der Waals surface area (Å²) in [4.78, 5) is 0. The Morgan fingerprint density at radius 1 is 1.35 bits per heavy atom. The maximum Gasteiger partial charge on any atom is 0.274 e. The van der Waals surface area contributed by atoms with Crippen LogP contribution >= 0.6 is 0 Å². The van der Waals surface area contributed by atoms with Crippen molar-refractivity contribution in [3.05, 3.63) is 29.0 Å². The second-order valence-corrected chi connectivity index (χ2v) is 5.05. The van der Waals surface area contributed by atoms with Gasteiger partial charge in [0.1, 0.15) is 5.75 Å². The Morgan fingerprint density at radius 3 is 2.50 bits per heavy atom. The minimum Gasteiger partial charge on any atom is -0.496 e. The maximum absolute atomic E-state index is 13.7. The van der Waals surface area contributed by atoms with Crippen molar-refractivity contribution in [2.24, 2.45) is 7.05 Å². The first-order valence-electron chi connectivity index (χ1n) is 6.46. The number of aryl methyl sites for hydroxylation is 1. The number of ether oxygens (including phenoxy) is 1. The standard InChI is InChI=1S/C15H19F2NO2/c1-9-10(5-6-19)11-7-14(20-4)12(15(2,16)17)8-13(11)18(9)3/h7-8,19H,5-6H2,1-4H3. The second-order valence-electron chi connectivity index (χ2n) is 5.05. The first-order valence-corrected chi connectivity index (χ1v) is 6.46. The zero-order valence-electron chi connectivity index (χ0n) is 12.1. The van der Waals surface area contributed by atoms with Crippen molar-refractivity contribution in [3.63, 3.8) is 0 Å².